The van der Waals surface area contributed by atoms with Crippen LogP contribution in [0.15, 0.2) is 83.4 Å². The van der Waals surface area contributed by atoms with Crippen molar-refractivity contribution in [2.75, 3.05) is 0 Å². The van der Waals surface area contributed by atoms with E-state index in [1.807, 2.05) is 55.5 Å². The number of hydrogen-bond donors (Lipinski definition) is 2. The number of hydrogen-bond acceptors (Lipinski definition) is 5. The maximum absolute atomic E-state index is 14.1. The fourth-order valence-electron chi connectivity index (χ4n) is 6.63. The second-order valence-electron chi connectivity index (χ2n) is 12.6. The van der Waals surface area contributed by atoms with E-state index in [2.05, 4.69) is 10.3 Å². The van der Waals surface area contributed by atoms with Crippen molar-refractivity contribution in [3.8, 4) is 16.9 Å². The third-order valence-electron chi connectivity index (χ3n) is 9.27. The molecule has 0 unspecified atom stereocenters. The Kier molecular flexibility index (Phi) is 7.80. The molecule has 2 aliphatic rings. The molecule has 2 amide bonds. The molecule has 2 fully saturated rings. The number of rotatable bonds is 9. The molecular formula is C38H36FN3O4. The lowest BCUT2D eigenvalue weighted by Crippen LogP contribution is -2.36. The van der Waals surface area contributed by atoms with Gasteiger partial charge in [0, 0.05) is 18.0 Å². The zero-order chi connectivity index (χ0) is 31.8. The van der Waals surface area contributed by atoms with Crippen molar-refractivity contribution in [2.24, 2.45) is 5.73 Å². The molecule has 2 heterocycles. The van der Waals surface area contributed by atoms with E-state index in [4.69, 9.17) is 14.9 Å². The first-order valence-electron chi connectivity index (χ1n) is 15.9. The summed E-state index contributed by atoms with van der Waals surface area (Å²) in [6.45, 7) is 2.00. The highest BCUT2D eigenvalue weighted by Crippen LogP contribution is 2.45. The lowest BCUT2D eigenvalue weighted by molar-refractivity contribution is 0.0917. The van der Waals surface area contributed by atoms with Crippen LogP contribution < -0.4 is 15.8 Å². The number of amides is 2. The summed E-state index contributed by atoms with van der Waals surface area (Å²) in [4.78, 5) is 31.3. The Morgan fingerprint density at radius 2 is 1.80 bits per heavy atom. The van der Waals surface area contributed by atoms with E-state index in [9.17, 15) is 14.0 Å². The van der Waals surface area contributed by atoms with Crippen molar-refractivity contribution in [1.82, 2.24) is 10.3 Å². The van der Waals surface area contributed by atoms with E-state index < -0.39 is 11.4 Å². The molecule has 3 N–H and O–H groups in total. The second kappa shape index (κ2) is 12.1. The van der Waals surface area contributed by atoms with Crippen LogP contribution in [0, 0.1) is 12.7 Å². The third kappa shape index (κ3) is 5.87. The molecule has 2 aromatic heterocycles. The minimum absolute atomic E-state index is 0.0659. The standard InChI is InChI=1S/C38H36FN3O4/c1-23-19-32(45-27-7-3-2-4-8-27)30(37(44)42-38(16-17-38)34-9-5-6-18-41-34)22-28(23)25-12-15-31-29(21-25)35(36(40)43)33(46-31)20-24-10-13-26(39)14-11-24/h5-6,9-15,18-19,21-22,27H,2-4,7-8,16-17,20H2,1H3,(H2,40,43)(H,42,44). The molecule has 0 atom stereocenters. The molecule has 7 nitrogen and oxygen atoms in total. The number of carbonyl (C=O) groups is 2. The Morgan fingerprint density at radius 1 is 1.02 bits per heavy atom. The number of benzene rings is 3. The minimum Gasteiger partial charge on any atom is -0.490 e. The predicted octanol–water partition coefficient (Wildman–Crippen LogP) is 7.76. The first kappa shape index (κ1) is 29.7. The summed E-state index contributed by atoms with van der Waals surface area (Å²) in [6.07, 6.45) is 9.10. The monoisotopic (exact) mass is 617 g/mol. The number of furan rings is 1. The molecule has 0 aliphatic heterocycles. The SMILES string of the molecule is Cc1cc(OC2CCCCC2)c(C(=O)NC2(c3ccccn3)CC2)cc1-c1ccc2oc(Cc3ccc(F)cc3)c(C(N)=O)c2c1. The summed E-state index contributed by atoms with van der Waals surface area (Å²) in [5.41, 5.74) is 10.9. The summed E-state index contributed by atoms with van der Waals surface area (Å²) in [5.74, 6) is -0.158. The number of nitrogens with two attached hydrogens (primary N) is 1. The molecule has 2 aliphatic carbocycles. The van der Waals surface area contributed by atoms with Gasteiger partial charge in [0.1, 0.15) is 22.9 Å². The molecule has 2 saturated carbocycles. The Bertz CT molecular complexity index is 1920. The largest absolute Gasteiger partial charge is 0.490 e. The zero-order valence-corrected chi connectivity index (χ0v) is 25.8. The van der Waals surface area contributed by atoms with Crippen LogP contribution in [0.1, 0.15) is 88.2 Å². The van der Waals surface area contributed by atoms with Gasteiger partial charge >= 0.3 is 0 Å². The molecule has 0 radical (unpaired) electrons. The van der Waals surface area contributed by atoms with Gasteiger partial charge in [-0.2, -0.15) is 0 Å². The average molecular weight is 618 g/mol. The quantitative estimate of drug-likeness (QED) is 0.176. The minimum atomic E-state index is -0.606. The lowest BCUT2D eigenvalue weighted by Gasteiger charge is -2.26. The maximum atomic E-state index is 14.1. The lowest BCUT2D eigenvalue weighted by atomic mass is 9.94. The van der Waals surface area contributed by atoms with Gasteiger partial charge in [-0.1, -0.05) is 30.7 Å². The van der Waals surface area contributed by atoms with Gasteiger partial charge in [0.15, 0.2) is 0 Å². The fraction of sp³-hybridized carbons (Fsp3) is 0.289. The van der Waals surface area contributed by atoms with Crippen LogP contribution in [0.5, 0.6) is 5.75 Å². The molecule has 3 aromatic carbocycles. The fourth-order valence-corrected chi connectivity index (χ4v) is 6.63. The first-order chi connectivity index (χ1) is 22.3. The van der Waals surface area contributed by atoms with Gasteiger partial charge < -0.3 is 20.2 Å². The zero-order valence-electron chi connectivity index (χ0n) is 25.8. The van der Waals surface area contributed by atoms with Gasteiger partial charge in [-0.3, -0.25) is 14.6 Å². The highest BCUT2D eigenvalue weighted by Gasteiger charge is 2.47. The van der Waals surface area contributed by atoms with E-state index in [0.29, 0.717) is 33.6 Å². The van der Waals surface area contributed by atoms with Crippen LogP contribution in [0.2, 0.25) is 0 Å². The van der Waals surface area contributed by atoms with Crippen molar-refractivity contribution < 1.29 is 23.1 Å². The maximum Gasteiger partial charge on any atom is 0.255 e. The summed E-state index contributed by atoms with van der Waals surface area (Å²) in [6, 6.07) is 21.3. The normalized spacial score (nSPS) is 15.9. The molecule has 5 aromatic rings. The van der Waals surface area contributed by atoms with Crippen molar-refractivity contribution >= 4 is 22.8 Å². The van der Waals surface area contributed by atoms with Crippen LogP contribution in [0.4, 0.5) is 4.39 Å². The number of pyridine rings is 1. The molecule has 234 valence electrons. The summed E-state index contributed by atoms with van der Waals surface area (Å²) in [7, 11) is 0. The van der Waals surface area contributed by atoms with Crippen LogP contribution >= 0.6 is 0 Å². The predicted molar refractivity (Wildman–Crippen MR) is 174 cm³/mol. The van der Waals surface area contributed by atoms with Crippen LogP contribution in [-0.4, -0.2) is 22.9 Å². The first-order valence-corrected chi connectivity index (χ1v) is 15.9. The number of nitrogens with zero attached hydrogens (tertiary/aromatic N) is 1. The van der Waals surface area contributed by atoms with Crippen molar-refractivity contribution in [3.05, 3.63) is 119 Å². The Balaban J connectivity index is 1.27. The van der Waals surface area contributed by atoms with Crippen LogP contribution in [-0.2, 0) is 12.0 Å². The van der Waals surface area contributed by atoms with Gasteiger partial charge in [0.25, 0.3) is 11.8 Å². The highest BCUT2D eigenvalue weighted by atomic mass is 19.1. The topological polar surface area (TPSA) is 107 Å². The van der Waals surface area contributed by atoms with E-state index in [-0.39, 0.29) is 24.2 Å². The highest BCUT2D eigenvalue weighted by molar-refractivity contribution is 6.08. The second-order valence-corrected chi connectivity index (χ2v) is 12.6. The van der Waals surface area contributed by atoms with Gasteiger partial charge in [-0.05, 0) is 116 Å². The number of nitrogens with one attached hydrogen (secondary N) is 1. The van der Waals surface area contributed by atoms with E-state index in [1.165, 1.54) is 18.6 Å². The molecule has 8 heteroatoms. The van der Waals surface area contributed by atoms with Crippen LogP contribution in [0.3, 0.4) is 0 Å². The van der Waals surface area contributed by atoms with Crippen molar-refractivity contribution in [2.45, 2.75) is 69.9 Å². The Hall–Kier alpha value is -4.98. The number of fused-ring (bicyclic) bond motifs is 1. The third-order valence-corrected chi connectivity index (χ3v) is 9.27. The smallest absolute Gasteiger partial charge is 0.255 e. The number of primary amides is 1. The summed E-state index contributed by atoms with van der Waals surface area (Å²) in [5, 5.41) is 3.86. The van der Waals surface area contributed by atoms with Crippen molar-refractivity contribution in [1.29, 1.82) is 0 Å². The van der Waals surface area contributed by atoms with E-state index >= 15 is 0 Å². The Morgan fingerprint density at radius 3 is 2.50 bits per heavy atom. The van der Waals surface area contributed by atoms with E-state index in [1.54, 1.807) is 18.3 Å². The molecule has 0 spiro atoms. The van der Waals surface area contributed by atoms with Gasteiger partial charge in [0.05, 0.1) is 28.5 Å². The average Bonchev–Trinajstić information content (AvgIpc) is 3.75. The number of carbonyl (C=O) groups excluding carboxylic acids is 2. The number of aromatic nitrogens is 1. The van der Waals surface area contributed by atoms with Gasteiger partial charge in [-0.15, -0.1) is 0 Å². The molecule has 0 saturated heterocycles. The van der Waals surface area contributed by atoms with E-state index in [0.717, 1.165) is 66.5 Å². The molecule has 7 rings (SSSR count). The number of halogens is 1. The van der Waals surface area contributed by atoms with Crippen LogP contribution in [0.25, 0.3) is 22.1 Å². The van der Waals surface area contributed by atoms with Crippen molar-refractivity contribution in [3.63, 3.8) is 0 Å². The summed E-state index contributed by atoms with van der Waals surface area (Å²) >= 11 is 0. The molecular weight excluding hydrogens is 581 g/mol. The van der Waals surface area contributed by atoms with Gasteiger partial charge in [0.2, 0.25) is 0 Å². The number of aryl methyl sites for hydroxylation is 1. The molecule has 46 heavy (non-hydrogen) atoms. The van der Waals surface area contributed by atoms with Gasteiger partial charge in [-0.25, -0.2) is 4.39 Å². The Labute approximate surface area is 267 Å². The summed E-state index contributed by atoms with van der Waals surface area (Å²) < 4.78 is 26.1. The molecule has 0 bridgehead atoms. The number of ether oxygens (including phenoxy) is 1.